The van der Waals surface area contributed by atoms with Crippen LogP contribution in [0.4, 0.5) is 0 Å². The number of aryl methyl sites for hydroxylation is 1. The van der Waals surface area contributed by atoms with Crippen molar-refractivity contribution in [2.75, 3.05) is 6.61 Å². The van der Waals surface area contributed by atoms with Crippen molar-refractivity contribution in [2.45, 2.75) is 27.0 Å². The Bertz CT molecular complexity index is 1020. The van der Waals surface area contributed by atoms with Gasteiger partial charge >= 0.3 is 0 Å². The molecule has 0 saturated carbocycles. The number of hydrogen-bond donors (Lipinski definition) is 2. The molecular formula is C25H27N3O2S. The summed E-state index contributed by atoms with van der Waals surface area (Å²) < 4.78 is 11.8. The van der Waals surface area contributed by atoms with Crippen LogP contribution in [-0.4, -0.2) is 17.9 Å². The molecule has 0 amide bonds. The van der Waals surface area contributed by atoms with Gasteiger partial charge in [-0.1, -0.05) is 54.6 Å². The first-order valence-corrected chi connectivity index (χ1v) is 10.6. The van der Waals surface area contributed by atoms with E-state index in [0.29, 0.717) is 36.4 Å². The van der Waals surface area contributed by atoms with Gasteiger partial charge in [0.1, 0.15) is 6.61 Å². The molecule has 3 aromatic carbocycles. The minimum absolute atomic E-state index is 0.461. The molecule has 2 N–H and O–H groups in total. The highest BCUT2D eigenvalue weighted by Crippen LogP contribution is 2.29. The van der Waals surface area contributed by atoms with Crippen LogP contribution in [0.5, 0.6) is 11.5 Å². The Kier molecular flexibility index (Phi) is 8.43. The van der Waals surface area contributed by atoms with Gasteiger partial charge in [-0.3, -0.25) is 5.43 Å². The van der Waals surface area contributed by atoms with Crippen LogP contribution in [0.1, 0.15) is 29.2 Å². The molecule has 0 aliphatic rings. The second-order valence-electron chi connectivity index (χ2n) is 6.89. The lowest BCUT2D eigenvalue weighted by molar-refractivity contribution is 0.269. The third-order valence-electron chi connectivity index (χ3n) is 4.59. The van der Waals surface area contributed by atoms with Gasteiger partial charge in [-0.05, 0) is 66.5 Å². The Morgan fingerprint density at radius 3 is 2.52 bits per heavy atom. The molecule has 0 radical (unpaired) electrons. The van der Waals surface area contributed by atoms with E-state index in [2.05, 4.69) is 34.9 Å². The van der Waals surface area contributed by atoms with Crippen LogP contribution in [0.15, 0.2) is 77.9 Å². The van der Waals surface area contributed by atoms with Crippen LogP contribution in [0.25, 0.3) is 0 Å². The molecule has 0 unspecified atom stereocenters. The molecule has 0 aliphatic carbocycles. The fourth-order valence-electron chi connectivity index (χ4n) is 2.90. The predicted molar refractivity (Wildman–Crippen MR) is 130 cm³/mol. The van der Waals surface area contributed by atoms with E-state index in [1.165, 1.54) is 5.56 Å². The number of nitrogens with one attached hydrogen (secondary N) is 2. The lowest BCUT2D eigenvalue weighted by atomic mass is 10.1. The van der Waals surface area contributed by atoms with Crippen molar-refractivity contribution >= 4 is 23.5 Å². The third kappa shape index (κ3) is 7.12. The predicted octanol–water partition coefficient (Wildman–Crippen LogP) is 4.97. The number of benzene rings is 3. The first-order chi connectivity index (χ1) is 15.2. The summed E-state index contributed by atoms with van der Waals surface area (Å²) in [5, 5.41) is 7.80. The smallest absolute Gasteiger partial charge is 0.187 e. The van der Waals surface area contributed by atoms with Gasteiger partial charge in [0, 0.05) is 6.54 Å². The molecule has 31 heavy (non-hydrogen) atoms. The van der Waals surface area contributed by atoms with Gasteiger partial charge in [0.15, 0.2) is 16.6 Å². The van der Waals surface area contributed by atoms with Crippen LogP contribution in [0.3, 0.4) is 0 Å². The zero-order valence-electron chi connectivity index (χ0n) is 17.8. The molecule has 0 spiro atoms. The summed E-state index contributed by atoms with van der Waals surface area (Å²) in [4.78, 5) is 0. The Labute approximate surface area is 189 Å². The van der Waals surface area contributed by atoms with E-state index in [1.54, 1.807) is 6.21 Å². The largest absolute Gasteiger partial charge is 0.490 e. The topological polar surface area (TPSA) is 54.9 Å². The van der Waals surface area contributed by atoms with Gasteiger partial charge in [0.2, 0.25) is 0 Å². The molecule has 0 fully saturated rings. The monoisotopic (exact) mass is 433 g/mol. The molecule has 3 aromatic rings. The lowest BCUT2D eigenvalue weighted by Crippen LogP contribution is -2.31. The van der Waals surface area contributed by atoms with Gasteiger partial charge in [-0.25, -0.2) is 0 Å². The number of hydrogen-bond acceptors (Lipinski definition) is 4. The number of thiocarbonyl (C=S) groups is 1. The van der Waals surface area contributed by atoms with E-state index in [0.717, 1.165) is 16.7 Å². The summed E-state index contributed by atoms with van der Waals surface area (Å²) >= 11 is 5.27. The highest BCUT2D eigenvalue weighted by molar-refractivity contribution is 7.80. The summed E-state index contributed by atoms with van der Waals surface area (Å²) in [5.74, 6) is 1.39. The molecule has 3 rings (SSSR count). The summed E-state index contributed by atoms with van der Waals surface area (Å²) in [7, 11) is 0. The maximum Gasteiger partial charge on any atom is 0.187 e. The Balaban J connectivity index is 1.56. The van der Waals surface area contributed by atoms with Crippen molar-refractivity contribution in [3.05, 3.63) is 95.1 Å². The summed E-state index contributed by atoms with van der Waals surface area (Å²) in [6.45, 7) is 5.71. The molecule has 160 valence electrons. The standard InChI is InChI=1S/C25H27N3O2S/c1-3-29-24-15-21(13-14-23(24)30-18-22-12-8-7-9-19(22)2)17-27-28-25(31)26-16-20-10-5-4-6-11-20/h4-15,17H,3,16,18H2,1-2H3,(H2,26,28,31)/b27-17+. The van der Waals surface area contributed by atoms with Crippen LogP contribution in [0.2, 0.25) is 0 Å². The van der Waals surface area contributed by atoms with Crippen molar-refractivity contribution < 1.29 is 9.47 Å². The van der Waals surface area contributed by atoms with E-state index < -0.39 is 0 Å². The number of nitrogens with zero attached hydrogens (tertiary/aromatic N) is 1. The summed E-state index contributed by atoms with van der Waals surface area (Å²) in [6.07, 6.45) is 1.70. The van der Waals surface area contributed by atoms with Crippen LogP contribution in [-0.2, 0) is 13.2 Å². The average Bonchev–Trinajstić information content (AvgIpc) is 2.79. The van der Waals surface area contributed by atoms with Crippen LogP contribution in [0, 0.1) is 6.92 Å². The molecule has 0 aliphatic heterocycles. The van der Waals surface area contributed by atoms with Crippen molar-refractivity contribution in [3.63, 3.8) is 0 Å². The normalized spacial score (nSPS) is 10.6. The van der Waals surface area contributed by atoms with Crippen molar-refractivity contribution in [1.29, 1.82) is 0 Å². The molecule has 5 nitrogen and oxygen atoms in total. The Morgan fingerprint density at radius 2 is 1.74 bits per heavy atom. The van der Waals surface area contributed by atoms with Crippen molar-refractivity contribution in [3.8, 4) is 11.5 Å². The minimum atomic E-state index is 0.461. The molecule has 0 bridgehead atoms. The van der Waals surface area contributed by atoms with Crippen molar-refractivity contribution in [1.82, 2.24) is 10.7 Å². The average molecular weight is 434 g/mol. The van der Waals surface area contributed by atoms with Gasteiger partial charge in [-0.15, -0.1) is 0 Å². The fourth-order valence-corrected chi connectivity index (χ4v) is 3.03. The fraction of sp³-hybridized carbons (Fsp3) is 0.200. The highest BCUT2D eigenvalue weighted by atomic mass is 32.1. The first-order valence-electron chi connectivity index (χ1n) is 10.2. The molecule has 0 aromatic heterocycles. The molecule has 0 atom stereocenters. The zero-order chi connectivity index (χ0) is 21.9. The molecule has 6 heteroatoms. The zero-order valence-corrected chi connectivity index (χ0v) is 18.6. The SMILES string of the molecule is CCOc1cc(/C=N/NC(=S)NCc2ccccc2)ccc1OCc1ccccc1C. The molecular weight excluding hydrogens is 406 g/mol. The highest BCUT2D eigenvalue weighted by Gasteiger charge is 2.07. The maximum absolute atomic E-state index is 6.01. The van der Waals surface area contributed by atoms with Gasteiger partial charge in [-0.2, -0.15) is 5.10 Å². The van der Waals surface area contributed by atoms with Gasteiger partial charge in [0.05, 0.1) is 12.8 Å². The number of hydrazone groups is 1. The summed E-state index contributed by atoms with van der Waals surface area (Å²) in [6, 6.07) is 24.0. The van der Waals surface area contributed by atoms with Crippen LogP contribution < -0.4 is 20.2 Å². The lowest BCUT2D eigenvalue weighted by Gasteiger charge is -2.13. The second kappa shape index (κ2) is 11.7. The molecule has 0 saturated heterocycles. The minimum Gasteiger partial charge on any atom is -0.490 e. The van der Waals surface area contributed by atoms with E-state index in [9.17, 15) is 0 Å². The van der Waals surface area contributed by atoms with Gasteiger partial charge in [0.25, 0.3) is 0 Å². The van der Waals surface area contributed by atoms with Crippen LogP contribution >= 0.6 is 12.2 Å². The van der Waals surface area contributed by atoms with Crippen molar-refractivity contribution in [2.24, 2.45) is 5.10 Å². The summed E-state index contributed by atoms with van der Waals surface area (Å²) in [5.41, 5.74) is 7.22. The Hall–Kier alpha value is -3.38. The van der Waals surface area contributed by atoms with Gasteiger partial charge < -0.3 is 14.8 Å². The first kappa shape index (κ1) is 22.3. The number of ether oxygens (including phenoxy) is 2. The van der Waals surface area contributed by atoms with E-state index in [-0.39, 0.29) is 0 Å². The van der Waals surface area contributed by atoms with E-state index >= 15 is 0 Å². The third-order valence-corrected chi connectivity index (χ3v) is 4.82. The van der Waals surface area contributed by atoms with E-state index in [1.807, 2.05) is 67.6 Å². The Morgan fingerprint density at radius 1 is 0.968 bits per heavy atom. The maximum atomic E-state index is 6.01. The van der Waals surface area contributed by atoms with E-state index in [4.69, 9.17) is 21.7 Å². The quantitative estimate of drug-likeness (QED) is 0.283. The number of rotatable bonds is 9. The second-order valence-corrected chi connectivity index (χ2v) is 7.30. The molecule has 0 heterocycles.